The van der Waals surface area contributed by atoms with Crippen LogP contribution >= 0.6 is 11.5 Å². The Bertz CT molecular complexity index is 672. The number of anilines is 1. The topological polar surface area (TPSA) is 67.3 Å². The molecule has 1 aromatic carbocycles. The van der Waals surface area contributed by atoms with Crippen molar-refractivity contribution in [3.05, 3.63) is 35.7 Å². The summed E-state index contributed by atoms with van der Waals surface area (Å²) in [5.74, 6) is 2.01. The van der Waals surface area contributed by atoms with Crippen LogP contribution in [0.2, 0.25) is 0 Å². The standard InChI is InChI=1S/C17H24N4O2S/c1-12(2)10-18-16(22)11-21(3)17-19-15(20-24-17)9-13-6-5-7-14(8-13)23-4/h5-8,12H,9-11H2,1-4H3,(H,18,22). The number of rotatable bonds is 8. The molecule has 0 radical (unpaired) electrons. The normalized spacial score (nSPS) is 10.7. The zero-order valence-electron chi connectivity index (χ0n) is 14.6. The minimum atomic E-state index is -0.00394. The maximum Gasteiger partial charge on any atom is 0.239 e. The summed E-state index contributed by atoms with van der Waals surface area (Å²) in [5.41, 5.74) is 1.09. The molecular formula is C17H24N4O2S. The maximum absolute atomic E-state index is 11.9. The zero-order chi connectivity index (χ0) is 17.5. The van der Waals surface area contributed by atoms with Crippen LogP contribution in [0.1, 0.15) is 25.2 Å². The number of ether oxygens (including phenoxy) is 1. The van der Waals surface area contributed by atoms with Crippen LogP contribution in [0.3, 0.4) is 0 Å². The third-order valence-electron chi connectivity index (χ3n) is 3.37. The first-order valence-electron chi connectivity index (χ1n) is 7.91. The first kappa shape index (κ1) is 18.2. The van der Waals surface area contributed by atoms with Gasteiger partial charge in [-0.3, -0.25) is 4.79 Å². The molecule has 1 aromatic heterocycles. The smallest absolute Gasteiger partial charge is 0.239 e. The number of carbonyl (C=O) groups is 1. The van der Waals surface area contributed by atoms with Crippen LogP contribution in [0.4, 0.5) is 5.13 Å². The van der Waals surface area contributed by atoms with Crippen LogP contribution < -0.4 is 15.0 Å². The van der Waals surface area contributed by atoms with Gasteiger partial charge in [0.1, 0.15) is 11.6 Å². The summed E-state index contributed by atoms with van der Waals surface area (Å²) in [6.07, 6.45) is 0.640. The number of aromatic nitrogens is 2. The van der Waals surface area contributed by atoms with Crippen molar-refractivity contribution < 1.29 is 9.53 Å². The van der Waals surface area contributed by atoms with Gasteiger partial charge in [0.15, 0.2) is 0 Å². The predicted octanol–water partition coefficient (Wildman–Crippen LogP) is 2.35. The molecule has 1 N–H and O–H groups in total. The summed E-state index contributed by atoms with van der Waals surface area (Å²) in [6.45, 7) is 5.10. The molecule has 0 aliphatic carbocycles. The lowest BCUT2D eigenvalue weighted by atomic mass is 10.1. The van der Waals surface area contributed by atoms with Gasteiger partial charge in [-0.05, 0) is 23.6 Å². The molecule has 0 saturated carbocycles. The van der Waals surface area contributed by atoms with E-state index < -0.39 is 0 Å². The number of carbonyl (C=O) groups excluding carboxylic acids is 1. The molecule has 0 spiro atoms. The lowest BCUT2D eigenvalue weighted by Gasteiger charge is -2.15. The van der Waals surface area contributed by atoms with Crippen LogP contribution in [0.5, 0.6) is 5.75 Å². The Hall–Kier alpha value is -2.15. The van der Waals surface area contributed by atoms with Crippen molar-refractivity contribution in [3.8, 4) is 5.75 Å². The highest BCUT2D eigenvalue weighted by molar-refractivity contribution is 7.09. The maximum atomic E-state index is 11.9. The van der Waals surface area contributed by atoms with E-state index in [9.17, 15) is 4.79 Å². The molecule has 130 valence electrons. The monoisotopic (exact) mass is 348 g/mol. The van der Waals surface area contributed by atoms with Crippen molar-refractivity contribution in [1.82, 2.24) is 14.7 Å². The SMILES string of the molecule is COc1cccc(Cc2nsc(N(C)CC(=O)NCC(C)C)n2)c1. The summed E-state index contributed by atoms with van der Waals surface area (Å²) in [6, 6.07) is 7.86. The summed E-state index contributed by atoms with van der Waals surface area (Å²) in [7, 11) is 3.50. The molecule has 6 nitrogen and oxygen atoms in total. The first-order chi connectivity index (χ1) is 11.5. The van der Waals surface area contributed by atoms with E-state index in [2.05, 4.69) is 28.5 Å². The first-order valence-corrected chi connectivity index (χ1v) is 8.68. The molecule has 1 amide bonds. The number of hydrogen-bond donors (Lipinski definition) is 1. The molecule has 0 unspecified atom stereocenters. The van der Waals surface area contributed by atoms with Gasteiger partial charge in [-0.15, -0.1) is 0 Å². The van der Waals surface area contributed by atoms with Crippen LogP contribution in [-0.2, 0) is 11.2 Å². The second-order valence-electron chi connectivity index (χ2n) is 6.08. The molecule has 2 aromatic rings. The van der Waals surface area contributed by atoms with E-state index in [1.165, 1.54) is 11.5 Å². The van der Waals surface area contributed by atoms with Crippen LogP contribution in [0.25, 0.3) is 0 Å². The number of amides is 1. The van der Waals surface area contributed by atoms with Crippen molar-refractivity contribution in [2.75, 3.05) is 32.1 Å². The molecule has 1 heterocycles. The van der Waals surface area contributed by atoms with Gasteiger partial charge in [0.2, 0.25) is 11.0 Å². The molecule has 0 aliphatic rings. The Labute approximate surface area is 147 Å². The molecule has 0 saturated heterocycles. The Morgan fingerprint density at radius 1 is 1.42 bits per heavy atom. The molecule has 0 fully saturated rings. The Kier molecular flexibility index (Phi) is 6.54. The average molecular weight is 348 g/mol. The van der Waals surface area contributed by atoms with E-state index in [1.807, 2.05) is 36.2 Å². The summed E-state index contributed by atoms with van der Waals surface area (Å²) in [5, 5.41) is 3.65. The van der Waals surface area contributed by atoms with Crippen molar-refractivity contribution >= 4 is 22.6 Å². The highest BCUT2D eigenvalue weighted by Crippen LogP contribution is 2.19. The average Bonchev–Trinajstić information content (AvgIpc) is 3.01. The van der Waals surface area contributed by atoms with E-state index in [4.69, 9.17) is 4.74 Å². The highest BCUT2D eigenvalue weighted by Gasteiger charge is 2.13. The van der Waals surface area contributed by atoms with Crippen LogP contribution in [0.15, 0.2) is 24.3 Å². The summed E-state index contributed by atoms with van der Waals surface area (Å²) < 4.78 is 9.61. The fraction of sp³-hybridized carbons (Fsp3) is 0.471. The zero-order valence-corrected chi connectivity index (χ0v) is 15.4. The van der Waals surface area contributed by atoms with Gasteiger partial charge in [-0.2, -0.15) is 4.37 Å². The van der Waals surface area contributed by atoms with Crippen molar-refractivity contribution in [2.45, 2.75) is 20.3 Å². The second kappa shape index (κ2) is 8.63. The number of likely N-dealkylation sites (N-methyl/N-ethyl adjacent to an activating group) is 1. The predicted molar refractivity (Wildman–Crippen MR) is 96.8 cm³/mol. The van der Waals surface area contributed by atoms with Gasteiger partial charge >= 0.3 is 0 Å². The Balaban J connectivity index is 1.93. The van der Waals surface area contributed by atoms with Crippen molar-refractivity contribution in [3.63, 3.8) is 0 Å². The van der Waals surface area contributed by atoms with Crippen LogP contribution in [-0.4, -0.2) is 42.5 Å². The third kappa shape index (κ3) is 5.49. The molecular weight excluding hydrogens is 324 g/mol. The Morgan fingerprint density at radius 3 is 2.92 bits per heavy atom. The van der Waals surface area contributed by atoms with Crippen molar-refractivity contribution in [2.24, 2.45) is 5.92 Å². The van der Waals surface area contributed by atoms with Gasteiger partial charge < -0.3 is 15.0 Å². The minimum absolute atomic E-state index is 0.00394. The van der Waals surface area contributed by atoms with E-state index in [0.717, 1.165) is 22.3 Å². The molecule has 2 rings (SSSR count). The number of benzene rings is 1. The van der Waals surface area contributed by atoms with Gasteiger partial charge in [-0.1, -0.05) is 26.0 Å². The Morgan fingerprint density at radius 2 is 2.21 bits per heavy atom. The van der Waals surface area contributed by atoms with E-state index >= 15 is 0 Å². The third-order valence-corrected chi connectivity index (χ3v) is 4.24. The highest BCUT2D eigenvalue weighted by atomic mass is 32.1. The molecule has 0 aliphatic heterocycles. The van der Waals surface area contributed by atoms with Crippen molar-refractivity contribution in [1.29, 1.82) is 0 Å². The van der Waals surface area contributed by atoms with Gasteiger partial charge in [0, 0.05) is 31.5 Å². The number of nitrogens with one attached hydrogen (secondary N) is 1. The van der Waals surface area contributed by atoms with E-state index in [-0.39, 0.29) is 12.5 Å². The van der Waals surface area contributed by atoms with Gasteiger partial charge in [0.25, 0.3) is 0 Å². The van der Waals surface area contributed by atoms with E-state index in [0.29, 0.717) is 18.9 Å². The fourth-order valence-electron chi connectivity index (χ4n) is 2.09. The summed E-state index contributed by atoms with van der Waals surface area (Å²) >= 11 is 1.31. The lowest BCUT2D eigenvalue weighted by Crippen LogP contribution is -2.36. The molecule has 24 heavy (non-hydrogen) atoms. The number of hydrogen-bond acceptors (Lipinski definition) is 6. The largest absolute Gasteiger partial charge is 0.497 e. The molecule has 7 heteroatoms. The quantitative estimate of drug-likeness (QED) is 0.793. The fourth-order valence-corrected chi connectivity index (χ4v) is 2.74. The van der Waals surface area contributed by atoms with Gasteiger partial charge in [0.05, 0.1) is 13.7 Å². The second-order valence-corrected chi connectivity index (χ2v) is 6.81. The van der Waals surface area contributed by atoms with Gasteiger partial charge in [-0.25, -0.2) is 4.98 Å². The number of methoxy groups -OCH3 is 1. The summed E-state index contributed by atoms with van der Waals surface area (Å²) in [4.78, 5) is 18.2. The lowest BCUT2D eigenvalue weighted by molar-refractivity contribution is -0.119. The van der Waals surface area contributed by atoms with E-state index in [1.54, 1.807) is 7.11 Å². The minimum Gasteiger partial charge on any atom is -0.497 e. The van der Waals surface area contributed by atoms with Crippen LogP contribution in [0, 0.1) is 5.92 Å². The molecule has 0 atom stereocenters. The molecule has 0 bridgehead atoms. The number of nitrogens with zero attached hydrogens (tertiary/aromatic N) is 3.